The highest BCUT2D eigenvalue weighted by Crippen LogP contribution is 2.33. The fourth-order valence-corrected chi connectivity index (χ4v) is 2.53. The molecule has 0 fully saturated rings. The first-order valence-corrected chi connectivity index (χ1v) is 6.94. The van der Waals surface area contributed by atoms with Gasteiger partial charge in [-0.25, -0.2) is 0 Å². The van der Waals surface area contributed by atoms with Crippen LogP contribution < -0.4 is 15.4 Å². The van der Waals surface area contributed by atoms with Crippen LogP contribution in [0.15, 0.2) is 18.2 Å². The van der Waals surface area contributed by atoms with E-state index in [1.807, 2.05) is 20.0 Å². The van der Waals surface area contributed by atoms with Crippen LogP contribution in [-0.2, 0) is 11.2 Å². The average Bonchev–Trinajstić information content (AvgIpc) is 2.81. The predicted octanol–water partition coefficient (Wildman–Crippen LogP) is 1.80. The molecule has 0 aliphatic heterocycles. The van der Waals surface area contributed by atoms with Gasteiger partial charge in [-0.05, 0) is 50.1 Å². The van der Waals surface area contributed by atoms with Gasteiger partial charge in [0, 0.05) is 12.6 Å². The second-order valence-electron chi connectivity index (χ2n) is 4.79. The Balaban J connectivity index is 1.87. The van der Waals surface area contributed by atoms with E-state index < -0.39 is 0 Å². The Morgan fingerprint density at radius 1 is 1.47 bits per heavy atom. The lowest BCUT2D eigenvalue weighted by Crippen LogP contribution is -2.24. The Morgan fingerprint density at radius 3 is 3.05 bits per heavy atom. The Hall–Kier alpha value is -1.55. The fourth-order valence-electron chi connectivity index (χ4n) is 2.53. The molecule has 0 saturated heterocycles. The topological polar surface area (TPSA) is 50.4 Å². The number of carbonyl (C=O) groups excluding carboxylic acids is 1. The molecule has 4 heteroatoms. The lowest BCUT2D eigenvalue weighted by Gasteiger charge is -2.11. The van der Waals surface area contributed by atoms with E-state index in [-0.39, 0.29) is 5.91 Å². The fraction of sp³-hybridized carbons (Fsp3) is 0.533. The predicted molar refractivity (Wildman–Crippen MR) is 75.4 cm³/mol. The van der Waals surface area contributed by atoms with Crippen molar-refractivity contribution in [1.82, 2.24) is 10.6 Å². The normalized spacial score (nSPS) is 17.1. The first-order valence-electron chi connectivity index (χ1n) is 6.94. The Kier molecular flexibility index (Phi) is 4.80. The minimum atomic E-state index is 0.0407. The van der Waals surface area contributed by atoms with Crippen molar-refractivity contribution in [2.45, 2.75) is 32.2 Å². The van der Waals surface area contributed by atoms with Gasteiger partial charge < -0.3 is 15.4 Å². The Labute approximate surface area is 114 Å². The van der Waals surface area contributed by atoms with Gasteiger partial charge in [-0.15, -0.1) is 0 Å². The summed E-state index contributed by atoms with van der Waals surface area (Å²) in [5, 5.41) is 6.08. The molecule has 1 aromatic carbocycles. The van der Waals surface area contributed by atoms with Gasteiger partial charge >= 0.3 is 0 Å². The summed E-state index contributed by atoms with van der Waals surface area (Å²) in [4.78, 5) is 11.3. The molecule has 4 nitrogen and oxygen atoms in total. The van der Waals surface area contributed by atoms with Crippen molar-refractivity contribution in [3.8, 4) is 5.75 Å². The highest BCUT2D eigenvalue weighted by Gasteiger charge is 2.20. The zero-order valence-corrected chi connectivity index (χ0v) is 11.7. The molecule has 0 heterocycles. The largest absolute Gasteiger partial charge is 0.493 e. The van der Waals surface area contributed by atoms with Crippen molar-refractivity contribution in [3.05, 3.63) is 29.3 Å². The number of aryl methyl sites for hydroxylation is 1. The van der Waals surface area contributed by atoms with Crippen LogP contribution in [0.25, 0.3) is 0 Å². The molecule has 1 aromatic rings. The first kappa shape index (κ1) is 13.9. The van der Waals surface area contributed by atoms with Crippen LogP contribution in [0.5, 0.6) is 5.75 Å². The molecular formula is C15H22N2O2. The summed E-state index contributed by atoms with van der Waals surface area (Å²) in [7, 11) is 2.00. The monoisotopic (exact) mass is 262 g/mol. The molecule has 1 aliphatic rings. The van der Waals surface area contributed by atoms with Gasteiger partial charge in [0.2, 0.25) is 5.91 Å². The van der Waals surface area contributed by atoms with Gasteiger partial charge in [0.15, 0.2) is 0 Å². The van der Waals surface area contributed by atoms with Crippen molar-refractivity contribution in [1.29, 1.82) is 0 Å². The smallest absolute Gasteiger partial charge is 0.223 e. The van der Waals surface area contributed by atoms with E-state index in [1.165, 1.54) is 11.1 Å². The van der Waals surface area contributed by atoms with Crippen LogP contribution >= 0.6 is 0 Å². The summed E-state index contributed by atoms with van der Waals surface area (Å²) in [5.41, 5.74) is 2.73. The van der Waals surface area contributed by atoms with E-state index in [9.17, 15) is 4.79 Å². The maximum Gasteiger partial charge on any atom is 0.223 e. The molecule has 2 rings (SSSR count). The highest BCUT2D eigenvalue weighted by molar-refractivity contribution is 5.75. The Bertz CT molecular complexity index is 446. The van der Waals surface area contributed by atoms with Crippen molar-refractivity contribution >= 4 is 5.91 Å². The van der Waals surface area contributed by atoms with Crippen molar-refractivity contribution in [2.75, 3.05) is 20.2 Å². The zero-order valence-electron chi connectivity index (χ0n) is 11.7. The molecule has 0 bridgehead atoms. The van der Waals surface area contributed by atoms with E-state index in [4.69, 9.17) is 4.74 Å². The summed E-state index contributed by atoms with van der Waals surface area (Å²) in [6.07, 6.45) is 2.65. The first-order chi connectivity index (χ1) is 9.24. The standard InChI is InChI=1S/C15H22N2O2/c1-3-17-15(18)8-9-19-12-5-6-13-11(10-12)4-7-14(13)16-2/h5-6,10,14,16H,3-4,7-9H2,1-2H3,(H,17,18). The van der Waals surface area contributed by atoms with Crippen molar-refractivity contribution < 1.29 is 9.53 Å². The second kappa shape index (κ2) is 6.57. The maximum absolute atomic E-state index is 11.3. The number of ether oxygens (including phenoxy) is 1. The number of amides is 1. The van der Waals surface area contributed by atoms with Crippen LogP contribution in [0, 0.1) is 0 Å². The minimum absolute atomic E-state index is 0.0407. The Morgan fingerprint density at radius 2 is 2.32 bits per heavy atom. The molecular weight excluding hydrogens is 240 g/mol. The molecule has 104 valence electrons. The average molecular weight is 262 g/mol. The number of hydrogen-bond acceptors (Lipinski definition) is 3. The van der Waals surface area contributed by atoms with Crippen LogP contribution in [-0.4, -0.2) is 26.1 Å². The van der Waals surface area contributed by atoms with Gasteiger partial charge in [-0.2, -0.15) is 0 Å². The van der Waals surface area contributed by atoms with Gasteiger partial charge in [-0.1, -0.05) is 6.07 Å². The van der Waals surface area contributed by atoms with Gasteiger partial charge in [-0.3, -0.25) is 4.79 Å². The molecule has 19 heavy (non-hydrogen) atoms. The summed E-state index contributed by atoms with van der Waals surface area (Å²) >= 11 is 0. The zero-order chi connectivity index (χ0) is 13.7. The van der Waals surface area contributed by atoms with E-state index in [1.54, 1.807) is 0 Å². The molecule has 1 atom stereocenters. The lowest BCUT2D eigenvalue weighted by atomic mass is 10.1. The van der Waals surface area contributed by atoms with Crippen LogP contribution in [0.1, 0.15) is 36.9 Å². The highest BCUT2D eigenvalue weighted by atomic mass is 16.5. The number of fused-ring (bicyclic) bond motifs is 1. The third-order valence-electron chi connectivity index (χ3n) is 3.51. The SMILES string of the molecule is CCNC(=O)CCOc1ccc2c(c1)CCC2NC. The summed E-state index contributed by atoms with van der Waals surface area (Å²) < 4.78 is 5.64. The third kappa shape index (κ3) is 3.47. The molecule has 0 saturated carbocycles. The van der Waals surface area contributed by atoms with E-state index >= 15 is 0 Å². The number of rotatable bonds is 6. The van der Waals surface area contributed by atoms with Gasteiger partial charge in [0.25, 0.3) is 0 Å². The molecule has 1 unspecified atom stereocenters. The maximum atomic E-state index is 11.3. The summed E-state index contributed by atoms with van der Waals surface area (Å²) in [5.74, 6) is 0.902. The molecule has 1 aliphatic carbocycles. The summed E-state index contributed by atoms with van der Waals surface area (Å²) in [6.45, 7) is 3.01. The lowest BCUT2D eigenvalue weighted by molar-refractivity contribution is -0.121. The molecule has 0 aromatic heterocycles. The molecule has 0 radical (unpaired) electrons. The van der Waals surface area contributed by atoms with Gasteiger partial charge in [0.1, 0.15) is 5.75 Å². The summed E-state index contributed by atoms with van der Waals surface area (Å²) in [6, 6.07) is 6.70. The van der Waals surface area contributed by atoms with Crippen molar-refractivity contribution in [3.63, 3.8) is 0 Å². The molecule has 1 amide bonds. The number of nitrogens with one attached hydrogen (secondary N) is 2. The number of carbonyl (C=O) groups is 1. The van der Waals surface area contributed by atoms with E-state index in [2.05, 4.69) is 22.8 Å². The van der Waals surface area contributed by atoms with Crippen LogP contribution in [0.2, 0.25) is 0 Å². The van der Waals surface area contributed by atoms with Crippen LogP contribution in [0.3, 0.4) is 0 Å². The van der Waals surface area contributed by atoms with E-state index in [0.717, 1.165) is 18.6 Å². The molecule has 0 spiro atoms. The minimum Gasteiger partial charge on any atom is -0.493 e. The van der Waals surface area contributed by atoms with Gasteiger partial charge in [0.05, 0.1) is 13.0 Å². The van der Waals surface area contributed by atoms with E-state index in [0.29, 0.717) is 25.6 Å². The quantitative estimate of drug-likeness (QED) is 0.822. The molecule has 2 N–H and O–H groups in total. The third-order valence-corrected chi connectivity index (χ3v) is 3.51. The second-order valence-corrected chi connectivity index (χ2v) is 4.79. The van der Waals surface area contributed by atoms with Crippen LogP contribution in [0.4, 0.5) is 0 Å². The number of hydrogen-bond donors (Lipinski definition) is 2. The van der Waals surface area contributed by atoms with Crippen molar-refractivity contribution in [2.24, 2.45) is 0 Å². The number of benzene rings is 1.